The zero-order valence-electron chi connectivity index (χ0n) is 18.9. The van der Waals surface area contributed by atoms with Crippen molar-refractivity contribution in [1.29, 1.82) is 0 Å². The van der Waals surface area contributed by atoms with Gasteiger partial charge in [0.1, 0.15) is 5.75 Å². The summed E-state index contributed by atoms with van der Waals surface area (Å²) in [7, 11) is 0. The molecule has 2 amide bonds. The molecule has 170 valence electrons. The number of nitrogens with zero attached hydrogens (tertiary/aromatic N) is 1. The SMILES string of the molecule is CCCCCCCCCCCCCCCCN(Cc1ccc(O)cc1)C(=O)C(N)=O. The average molecular weight is 419 g/mol. The number of rotatable bonds is 17. The number of carbonyl (C=O) groups is 2. The lowest BCUT2D eigenvalue weighted by Gasteiger charge is -2.21. The van der Waals surface area contributed by atoms with Crippen LogP contribution in [0, 0.1) is 0 Å². The fourth-order valence-corrected chi connectivity index (χ4v) is 3.73. The van der Waals surface area contributed by atoms with E-state index in [-0.39, 0.29) is 5.75 Å². The van der Waals surface area contributed by atoms with Gasteiger partial charge in [0.25, 0.3) is 0 Å². The Kier molecular flexibility index (Phi) is 14.5. The topological polar surface area (TPSA) is 83.6 Å². The molecular weight excluding hydrogens is 376 g/mol. The third-order valence-corrected chi connectivity index (χ3v) is 5.59. The van der Waals surface area contributed by atoms with E-state index in [9.17, 15) is 14.7 Å². The van der Waals surface area contributed by atoms with Gasteiger partial charge in [0.15, 0.2) is 0 Å². The van der Waals surface area contributed by atoms with Crippen LogP contribution in [0.1, 0.15) is 102 Å². The molecule has 1 aromatic carbocycles. The monoisotopic (exact) mass is 418 g/mol. The summed E-state index contributed by atoms with van der Waals surface area (Å²) in [6.45, 7) is 3.12. The van der Waals surface area contributed by atoms with Crippen LogP contribution in [0.3, 0.4) is 0 Å². The third kappa shape index (κ3) is 12.5. The molecule has 5 nitrogen and oxygen atoms in total. The number of phenolic OH excluding ortho intramolecular Hbond substituents is 1. The molecule has 1 rings (SSSR count). The number of unbranched alkanes of at least 4 members (excludes halogenated alkanes) is 13. The number of amides is 2. The maximum absolute atomic E-state index is 12.1. The minimum Gasteiger partial charge on any atom is -0.508 e. The van der Waals surface area contributed by atoms with Crippen molar-refractivity contribution in [2.45, 2.75) is 103 Å². The quantitative estimate of drug-likeness (QED) is 0.252. The van der Waals surface area contributed by atoms with Crippen LogP contribution in [0.15, 0.2) is 24.3 Å². The van der Waals surface area contributed by atoms with Crippen LogP contribution in [0.4, 0.5) is 0 Å². The molecule has 0 saturated heterocycles. The molecule has 0 bridgehead atoms. The summed E-state index contributed by atoms with van der Waals surface area (Å²) in [6.07, 6.45) is 17.9. The summed E-state index contributed by atoms with van der Waals surface area (Å²) in [5.41, 5.74) is 6.06. The van der Waals surface area contributed by atoms with E-state index in [4.69, 9.17) is 5.73 Å². The molecule has 0 atom stereocenters. The molecule has 0 aromatic heterocycles. The minimum absolute atomic E-state index is 0.179. The third-order valence-electron chi connectivity index (χ3n) is 5.59. The van der Waals surface area contributed by atoms with Crippen LogP contribution in [-0.4, -0.2) is 28.4 Å². The zero-order valence-corrected chi connectivity index (χ0v) is 18.9. The molecule has 0 heterocycles. The molecule has 0 aliphatic heterocycles. The van der Waals surface area contributed by atoms with Gasteiger partial charge >= 0.3 is 11.8 Å². The molecule has 0 aliphatic carbocycles. The van der Waals surface area contributed by atoms with Crippen LogP contribution in [0.2, 0.25) is 0 Å². The van der Waals surface area contributed by atoms with Crippen molar-refractivity contribution in [1.82, 2.24) is 4.90 Å². The lowest BCUT2D eigenvalue weighted by Crippen LogP contribution is -2.40. The Bertz CT molecular complexity index is 587. The first-order chi connectivity index (χ1) is 14.5. The van der Waals surface area contributed by atoms with Crippen LogP contribution < -0.4 is 5.73 Å². The number of primary amides is 1. The molecule has 0 spiro atoms. The summed E-state index contributed by atoms with van der Waals surface area (Å²) in [6, 6.07) is 6.66. The van der Waals surface area contributed by atoms with E-state index < -0.39 is 11.8 Å². The lowest BCUT2D eigenvalue weighted by atomic mass is 10.0. The van der Waals surface area contributed by atoms with E-state index in [2.05, 4.69) is 6.92 Å². The summed E-state index contributed by atoms with van der Waals surface area (Å²) in [4.78, 5) is 24.9. The van der Waals surface area contributed by atoms with Crippen molar-refractivity contribution in [3.63, 3.8) is 0 Å². The van der Waals surface area contributed by atoms with E-state index in [1.807, 2.05) is 0 Å². The molecule has 3 N–H and O–H groups in total. The molecule has 0 aliphatic rings. The van der Waals surface area contributed by atoms with Crippen molar-refractivity contribution >= 4 is 11.8 Å². The second-order valence-corrected chi connectivity index (χ2v) is 8.35. The molecular formula is C25H42N2O3. The molecule has 1 aromatic rings. The first-order valence-corrected chi connectivity index (χ1v) is 11.9. The van der Waals surface area contributed by atoms with Crippen molar-refractivity contribution in [2.24, 2.45) is 5.73 Å². The number of hydrogen-bond acceptors (Lipinski definition) is 3. The fourth-order valence-electron chi connectivity index (χ4n) is 3.73. The maximum Gasteiger partial charge on any atom is 0.311 e. The normalized spacial score (nSPS) is 10.8. The minimum atomic E-state index is -0.917. The fraction of sp³-hybridized carbons (Fsp3) is 0.680. The Morgan fingerprint density at radius 2 is 1.20 bits per heavy atom. The Morgan fingerprint density at radius 3 is 1.63 bits per heavy atom. The van der Waals surface area contributed by atoms with E-state index in [1.165, 1.54) is 75.5 Å². The van der Waals surface area contributed by atoms with Crippen molar-refractivity contribution < 1.29 is 14.7 Å². The van der Waals surface area contributed by atoms with E-state index >= 15 is 0 Å². The summed E-state index contributed by atoms with van der Waals surface area (Å²) in [5.74, 6) is -1.38. The van der Waals surface area contributed by atoms with Gasteiger partial charge in [-0.3, -0.25) is 9.59 Å². The molecule has 0 fully saturated rings. The van der Waals surface area contributed by atoms with Crippen LogP contribution in [0.5, 0.6) is 5.75 Å². The highest BCUT2D eigenvalue weighted by Crippen LogP contribution is 2.15. The number of nitrogens with two attached hydrogens (primary N) is 1. The van der Waals surface area contributed by atoms with Gasteiger partial charge in [-0.15, -0.1) is 0 Å². The highest BCUT2D eigenvalue weighted by molar-refractivity contribution is 6.34. The van der Waals surface area contributed by atoms with Crippen LogP contribution in [0.25, 0.3) is 0 Å². The average Bonchev–Trinajstić information content (AvgIpc) is 2.74. The number of benzene rings is 1. The van der Waals surface area contributed by atoms with Gasteiger partial charge < -0.3 is 15.7 Å². The van der Waals surface area contributed by atoms with Gasteiger partial charge in [-0.05, 0) is 24.1 Å². The second kappa shape index (κ2) is 16.7. The largest absolute Gasteiger partial charge is 0.508 e. The molecule has 5 heteroatoms. The number of carbonyl (C=O) groups excluding carboxylic acids is 2. The van der Waals surface area contributed by atoms with E-state index in [1.54, 1.807) is 24.3 Å². The van der Waals surface area contributed by atoms with Gasteiger partial charge in [0.2, 0.25) is 0 Å². The molecule has 0 radical (unpaired) electrons. The summed E-state index contributed by atoms with van der Waals surface area (Å²) in [5, 5.41) is 9.38. The Labute approximate surface area is 183 Å². The Hall–Kier alpha value is -2.04. The van der Waals surface area contributed by atoms with Crippen LogP contribution >= 0.6 is 0 Å². The predicted octanol–water partition coefficient (Wildman–Crippen LogP) is 5.69. The first-order valence-electron chi connectivity index (χ1n) is 11.9. The predicted molar refractivity (Wildman–Crippen MR) is 123 cm³/mol. The highest BCUT2D eigenvalue weighted by atomic mass is 16.3. The van der Waals surface area contributed by atoms with Gasteiger partial charge in [-0.25, -0.2) is 0 Å². The van der Waals surface area contributed by atoms with Crippen LogP contribution in [-0.2, 0) is 16.1 Å². The van der Waals surface area contributed by atoms with Gasteiger partial charge in [-0.1, -0.05) is 103 Å². The molecule has 0 saturated carbocycles. The van der Waals surface area contributed by atoms with E-state index in [0.29, 0.717) is 13.1 Å². The van der Waals surface area contributed by atoms with Gasteiger partial charge in [0.05, 0.1) is 0 Å². The first kappa shape index (κ1) is 26.0. The van der Waals surface area contributed by atoms with Crippen molar-refractivity contribution in [2.75, 3.05) is 6.54 Å². The van der Waals surface area contributed by atoms with Gasteiger partial charge in [0, 0.05) is 13.1 Å². The lowest BCUT2D eigenvalue weighted by molar-refractivity contribution is -0.144. The Balaban J connectivity index is 2.10. The maximum atomic E-state index is 12.1. The van der Waals surface area contributed by atoms with Crippen molar-refractivity contribution in [3.05, 3.63) is 29.8 Å². The molecule has 0 unspecified atom stereocenters. The smallest absolute Gasteiger partial charge is 0.311 e. The van der Waals surface area contributed by atoms with Gasteiger partial charge in [-0.2, -0.15) is 0 Å². The zero-order chi connectivity index (χ0) is 22.0. The summed E-state index contributed by atoms with van der Waals surface area (Å²) < 4.78 is 0. The summed E-state index contributed by atoms with van der Waals surface area (Å²) >= 11 is 0. The van der Waals surface area contributed by atoms with Crippen molar-refractivity contribution in [3.8, 4) is 5.75 Å². The second-order valence-electron chi connectivity index (χ2n) is 8.35. The standard InChI is InChI=1S/C25H42N2O3/c1-2-3-4-5-6-7-8-9-10-11-12-13-14-15-20-27(25(30)24(26)29)21-22-16-18-23(28)19-17-22/h16-19,28H,2-15,20-21H2,1H3,(H2,26,29). The number of hydrogen-bond donors (Lipinski definition) is 2. The molecule has 30 heavy (non-hydrogen) atoms. The number of phenols is 1. The Morgan fingerprint density at radius 1 is 0.767 bits per heavy atom. The number of aromatic hydroxyl groups is 1. The van der Waals surface area contributed by atoms with E-state index in [0.717, 1.165) is 24.8 Å². The highest BCUT2D eigenvalue weighted by Gasteiger charge is 2.18.